The lowest BCUT2D eigenvalue weighted by Gasteiger charge is -2.38. The Labute approximate surface area is 133 Å². The second-order valence-corrected chi connectivity index (χ2v) is 5.89. The number of carbonyl (C=O) groups excluding carboxylic acids is 1. The molecule has 7 heteroatoms. The minimum Gasteiger partial charge on any atom is -0.347 e. The number of carbonyl (C=O) groups is 1. The third kappa shape index (κ3) is 2.49. The topological polar surface area (TPSA) is 80.9 Å². The number of nitrogens with zero attached hydrogens (tertiary/aromatic N) is 4. The first-order valence-electron chi connectivity index (χ1n) is 7.64. The van der Waals surface area contributed by atoms with E-state index in [0.29, 0.717) is 12.1 Å². The van der Waals surface area contributed by atoms with Crippen LogP contribution in [0.3, 0.4) is 0 Å². The van der Waals surface area contributed by atoms with Gasteiger partial charge >= 0.3 is 0 Å². The Morgan fingerprint density at radius 3 is 3.09 bits per heavy atom. The molecule has 1 aliphatic rings. The summed E-state index contributed by atoms with van der Waals surface area (Å²) < 4.78 is 0. The SMILES string of the molecule is CN1CCN(C(=O)c2ccc3[nH]ncc3c2)C[C@@H]1c1ncc[nH]1. The van der Waals surface area contributed by atoms with E-state index < -0.39 is 0 Å². The fraction of sp³-hybridized carbons (Fsp3) is 0.312. The summed E-state index contributed by atoms with van der Waals surface area (Å²) in [6, 6.07) is 5.74. The smallest absolute Gasteiger partial charge is 0.253 e. The van der Waals surface area contributed by atoms with E-state index in [1.165, 1.54) is 0 Å². The lowest BCUT2D eigenvalue weighted by Crippen LogP contribution is -2.49. The third-order valence-corrected chi connectivity index (χ3v) is 4.46. The maximum absolute atomic E-state index is 12.8. The van der Waals surface area contributed by atoms with Crippen molar-refractivity contribution in [3.63, 3.8) is 0 Å². The van der Waals surface area contributed by atoms with Crippen molar-refractivity contribution >= 4 is 16.8 Å². The van der Waals surface area contributed by atoms with Gasteiger partial charge in [0.25, 0.3) is 5.91 Å². The number of fused-ring (bicyclic) bond motifs is 1. The van der Waals surface area contributed by atoms with Gasteiger partial charge in [-0.1, -0.05) is 0 Å². The lowest BCUT2D eigenvalue weighted by atomic mass is 10.1. The van der Waals surface area contributed by atoms with Crippen LogP contribution in [0.4, 0.5) is 0 Å². The maximum atomic E-state index is 12.8. The number of imidazole rings is 1. The molecule has 3 heterocycles. The van der Waals surface area contributed by atoms with Gasteiger partial charge in [0.2, 0.25) is 0 Å². The molecule has 1 saturated heterocycles. The van der Waals surface area contributed by atoms with Gasteiger partial charge in [-0.2, -0.15) is 5.10 Å². The monoisotopic (exact) mass is 310 g/mol. The van der Waals surface area contributed by atoms with E-state index in [4.69, 9.17) is 0 Å². The van der Waals surface area contributed by atoms with Gasteiger partial charge in [0.15, 0.2) is 0 Å². The first-order valence-corrected chi connectivity index (χ1v) is 7.64. The van der Waals surface area contributed by atoms with E-state index in [1.54, 1.807) is 12.4 Å². The molecule has 3 aromatic rings. The number of aromatic nitrogens is 4. The third-order valence-electron chi connectivity index (χ3n) is 4.46. The predicted molar refractivity (Wildman–Crippen MR) is 86.0 cm³/mol. The van der Waals surface area contributed by atoms with Crippen LogP contribution in [0.15, 0.2) is 36.8 Å². The molecule has 23 heavy (non-hydrogen) atoms. The molecule has 7 nitrogen and oxygen atoms in total. The van der Waals surface area contributed by atoms with Crippen molar-refractivity contribution < 1.29 is 4.79 Å². The van der Waals surface area contributed by atoms with Gasteiger partial charge in [-0.05, 0) is 25.2 Å². The number of hydrogen-bond donors (Lipinski definition) is 2. The standard InChI is InChI=1S/C16H18N6O/c1-21-6-7-22(10-14(21)15-17-4-5-18-15)16(23)11-2-3-13-12(8-11)9-19-20-13/h2-5,8-9,14H,6-7,10H2,1H3,(H,17,18)(H,19,20)/t14-/m1/s1. The van der Waals surface area contributed by atoms with E-state index in [-0.39, 0.29) is 11.9 Å². The molecule has 1 aromatic carbocycles. The number of rotatable bonds is 2. The van der Waals surface area contributed by atoms with E-state index in [0.717, 1.165) is 29.8 Å². The molecule has 0 saturated carbocycles. The van der Waals surface area contributed by atoms with E-state index >= 15 is 0 Å². The Morgan fingerprint density at radius 2 is 2.26 bits per heavy atom. The molecule has 1 amide bonds. The minimum absolute atomic E-state index is 0.0535. The Morgan fingerprint density at radius 1 is 1.35 bits per heavy atom. The van der Waals surface area contributed by atoms with Gasteiger partial charge in [0.1, 0.15) is 5.82 Å². The summed E-state index contributed by atoms with van der Waals surface area (Å²) in [4.78, 5) is 24.5. The normalized spacial score (nSPS) is 19.3. The molecule has 0 spiro atoms. The summed E-state index contributed by atoms with van der Waals surface area (Å²) in [6.07, 6.45) is 5.30. The van der Waals surface area contributed by atoms with Gasteiger partial charge in [-0.3, -0.25) is 14.8 Å². The summed E-state index contributed by atoms with van der Waals surface area (Å²) in [5.74, 6) is 0.952. The summed E-state index contributed by atoms with van der Waals surface area (Å²) >= 11 is 0. The zero-order chi connectivity index (χ0) is 15.8. The van der Waals surface area contributed by atoms with Crippen LogP contribution in [-0.4, -0.2) is 62.6 Å². The van der Waals surface area contributed by atoms with Gasteiger partial charge in [0, 0.05) is 43.0 Å². The number of aromatic amines is 2. The molecule has 0 aliphatic carbocycles. The summed E-state index contributed by atoms with van der Waals surface area (Å²) in [5, 5.41) is 7.86. The molecular weight excluding hydrogens is 292 g/mol. The summed E-state index contributed by atoms with van der Waals surface area (Å²) in [5.41, 5.74) is 1.63. The number of nitrogens with one attached hydrogen (secondary N) is 2. The number of hydrogen-bond acceptors (Lipinski definition) is 4. The molecule has 0 radical (unpaired) electrons. The highest BCUT2D eigenvalue weighted by Gasteiger charge is 2.30. The minimum atomic E-state index is 0.0535. The number of likely N-dealkylation sites (N-methyl/N-ethyl adjacent to an activating group) is 1. The van der Waals surface area contributed by atoms with Crippen LogP contribution < -0.4 is 0 Å². The summed E-state index contributed by atoms with van der Waals surface area (Å²) in [6.45, 7) is 2.17. The highest BCUT2D eigenvalue weighted by Crippen LogP contribution is 2.23. The Hall–Kier alpha value is -2.67. The van der Waals surface area contributed by atoms with Crippen molar-refractivity contribution in [2.24, 2.45) is 0 Å². The zero-order valence-electron chi connectivity index (χ0n) is 12.9. The van der Waals surface area contributed by atoms with Crippen LogP contribution in [0.1, 0.15) is 22.2 Å². The molecule has 0 bridgehead atoms. The number of piperazine rings is 1. The van der Waals surface area contributed by atoms with Crippen LogP contribution in [0, 0.1) is 0 Å². The predicted octanol–water partition coefficient (Wildman–Crippen LogP) is 1.41. The van der Waals surface area contributed by atoms with Gasteiger partial charge in [0.05, 0.1) is 17.8 Å². The molecule has 1 aliphatic heterocycles. The molecule has 118 valence electrons. The zero-order valence-corrected chi connectivity index (χ0v) is 12.9. The molecular formula is C16H18N6O. The Kier molecular flexibility index (Phi) is 3.34. The average Bonchev–Trinajstić information content (AvgIpc) is 3.25. The van der Waals surface area contributed by atoms with E-state index in [9.17, 15) is 4.79 Å². The molecule has 2 aromatic heterocycles. The van der Waals surface area contributed by atoms with Crippen molar-refractivity contribution in [2.75, 3.05) is 26.7 Å². The van der Waals surface area contributed by atoms with Gasteiger partial charge < -0.3 is 9.88 Å². The molecule has 2 N–H and O–H groups in total. The van der Waals surface area contributed by atoms with Crippen molar-refractivity contribution in [1.29, 1.82) is 0 Å². The average molecular weight is 310 g/mol. The first kappa shape index (κ1) is 14.0. The maximum Gasteiger partial charge on any atom is 0.253 e. The van der Waals surface area contributed by atoms with Crippen LogP contribution in [0.2, 0.25) is 0 Å². The second kappa shape index (κ2) is 5.51. The Balaban J connectivity index is 1.58. The highest BCUT2D eigenvalue weighted by atomic mass is 16.2. The van der Waals surface area contributed by atoms with Crippen molar-refractivity contribution in [1.82, 2.24) is 30.0 Å². The summed E-state index contributed by atoms with van der Waals surface area (Å²) in [7, 11) is 2.06. The van der Waals surface area contributed by atoms with Gasteiger partial charge in [-0.25, -0.2) is 4.98 Å². The quantitative estimate of drug-likeness (QED) is 0.750. The van der Waals surface area contributed by atoms with E-state index in [2.05, 4.69) is 32.1 Å². The van der Waals surface area contributed by atoms with E-state index in [1.807, 2.05) is 29.3 Å². The number of H-pyrrole nitrogens is 2. The molecule has 0 unspecified atom stereocenters. The fourth-order valence-electron chi connectivity index (χ4n) is 3.07. The molecule has 1 fully saturated rings. The second-order valence-electron chi connectivity index (χ2n) is 5.89. The van der Waals surface area contributed by atoms with Crippen LogP contribution in [-0.2, 0) is 0 Å². The Bertz CT molecular complexity index is 824. The fourth-order valence-corrected chi connectivity index (χ4v) is 3.07. The largest absolute Gasteiger partial charge is 0.347 e. The van der Waals surface area contributed by atoms with Crippen molar-refractivity contribution in [2.45, 2.75) is 6.04 Å². The lowest BCUT2D eigenvalue weighted by molar-refractivity contribution is 0.0534. The van der Waals surface area contributed by atoms with Gasteiger partial charge in [-0.15, -0.1) is 0 Å². The van der Waals surface area contributed by atoms with Crippen molar-refractivity contribution in [3.8, 4) is 0 Å². The van der Waals surface area contributed by atoms with Crippen LogP contribution in [0.25, 0.3) is 10.9 Å². The molecule has 4 rings (SSSR count). The molecule has 1 atom stereocenters. The van der Waals surface area contributed by atoms with Crippen LogP contribution in [0.5, 0.6) is 0 Å². The first-order chi connectivity index (χ1) is 11.2. The van der Waals surface area contributed by atoms with Crippen LogP contribution >= 0.6 is 0 Å². The highest BCUT2D eigenvalue weighted by molar-refractivity contribution is 5.98. The number of benzene rings is 1. The number of amides is 1. The van der Waals surface area contributed by atoms with Crippen molar-refractivity contribution in [3.05, 3.63) is 48.2 Å².